The number of rotatable bonds is 5. The molecule has 0 aliphatic carbocycles. The molecule has 78 valence electrons. The van der Waals surface area contributed by atoms with Gasteiger partial charge in [0.2, 0.25) is 0 Å². The third-order valence-corrected chi connectivity index (χ3v) is 3.83. The van der Waals surface area contributed by atoms with Gasteiger partial charge in [-0.2, -0.15) is 0 Å². The Hall–Kier alpha value is -0.540. The zero-order chi connectivity index (χ0) is 10.4. The van der Waals surface area contributed by atoms with Crippen LogP contribution in [0, 0.1) is 0 Å². The zero-order valence-electron chi connectivity index (χ0n) is 8.81. The van der Waals surface area contributed by atoms with Gasteiger partial charge >= 0.3 is 0 Å². The van der Waals surface area contributed by atoms with Crippen LogP contribution >= 0.6 is 11.8 Å². The van der Waals surface area contributed by atoms with Gasteiger partial charge in [0.15, 0.2) is 0 Å². The number of pyridine rings is 1. The molecule has 2 unspecified atom stereocenters. The van der Waals surface area contributed by atoms with Crippen molar-refractivity contribution in [1.29, 1.82) is 0 Å². The first-order valence-electron chi connectivity index (χ1n) is 5.03. The maximum atomic E-state index is 5.76. The second kappa shape index (κ2) is 6.04. The van der Waals surface area contributed by atoms with Gasteiger partial charge in [-0.3, -0.25) is 4.98 Å². The van der Waals surface area contributed by atoms with Crippen LogP contribution in [0.2, 0.25) is 0 Å². The molecule has 0 radical (unpaired) electrons. The van der Waals surface area contributed by atoms with Gasteiger partial charge in [-0.15, -0.1) is 11.8 Å². The molecule has 2 N–H and O–H groups in total. The molecule has 0 aliphatic heterocycles. The van der Waals surface area contributed by atoms with Crippen LogP contribution in [0.25, 0.3) is 0 Å². The van der Waals surface area contributed by atoms with Gasteiger partial charge in [0.05, 0.1) is 0 Å². The van der Waals surface area contributed by atoms with Gasteiger partial charge in [-0.1, -0.05) is 19.9 Å². The fourth-order valence-electron chi connectivity index (χ4n) is 1.21. The third-order valence-electron chi connectivity index (χ3n) is 2.24. The van der Waals surface area contributed by atoms with Crippen LogP contribution in [0.4, 0.5) is 0 Å². The minimum Gasteiger partial charge on any atom is -0.329 e. The van der Waals surface area contributed by atoms with E-state index in [1.54, 1.807) is 6.20 Å². The molecule has 0 amide bonds. The molecule has 0 saturated heterocycles. The summed E-state index contributed by atoms with van der Waals surface area (Å²) in [5.74, 6) is 0. The maximum absolute atomic E-state index is 5.76. The molecule has 14 heavy (non-hydrogen) atoms. The molecule has 1 aromatic rings. The minimum absolute atomic E-state index is 0.388. The molecule has 2 atom stereocenters. The summed E-state index contributed by atoms with van der Waals surface area (Å²) in [6.45, 7) is 5.12. The number of thioether (sulfide) groups is 1. The summed E-state index contributed by atoms with van der Waals surface area (Å²) < 4.78 is 0. The number of aromatic nitrogens is 1. The predicted octanol–water partition coefficient (Wildman–Crippen LogP) is 2.61. The normalized spacial score (nSPS) is 15.1. The lowest BCUT2D eigenvalue weighted by Crippen LogP contribution is -2.12. The lowest BCUT2D eigenvalue weighted by molar-refractivity contribution is 0.872. The van der Waals surface area contributed by atoms with Gasteiger partial charge < -0.3 is 5.73 Å². The first-order chi connectivity index (χ1) is 6.77. The SMILES string of the molecule is CCC(C)SC(CN)c1cccnc1. The van der Waals surface area contributed by atoms with E-state index in [2.05, 4.69) is 24.9 Å². The average molecular weight is 210 g/mol. The van der Waals surface area contributed by atoms with Gasteiger partial charge in [0, 0.05) is 29.4 Å². The minimum atomic E-state index is 0.388. The Morgan fingerprint density at radius 2 is 2.36 bits per heavy atom. The second-order valence-electron chi connectivity index (χ2n) is 3.37. The van der Waals surface area contributed by atoms with Crippen LogP contribution in [0.5, 0.6) is 0 Å². The van der Waals surface area contributed by atoms with E-state index in [0.717, 1.165) is 0 Å². The molecule has 3 heteroatoms. The Morgan fingerprint density at radius 1 is 1.57 bits per heavy atom. The Morgan fingerprint density at radius 3 is 2.86 bits per heavy atom. The number of nitrogens with zero attached hydrogens (tertiary/aromatic N) is 1. The van der Waals surface area contributed by atoms with Crippen LogP contribution in [-0.4, -0.2) is 16.8 Å². The summed E-state index contributed by atoms with van der Waals surface area (Å²) in [5, 5.41) is 1.04. The lowest BCUT2D eigenvalue weighted by Gasteiger charge is -2.18. The van der Waals surface area contributed by atoms with E-state index in [-0.39, 0.29) is 0 Å². The van der Waals surface area contributed by atoms with Crippen LogP contribution in [0.3, 0.4) is 0 Å². The summed E-state index contributed by atoms with van der Waals surface area (Å²) in [6, 6.07) is 4.06. The topological polar surface area (TPSA) is 38.9 Å². The van der Waals surface area contributed by atoms with Crippen molar-refractivity contribution in [2.24, 2.45) is 5.73 Å². The Labute approximate surface area is 90.3 Å². The van der Waals surface area contributed by atoms with Crippen molar-refractivity contribution in [1.82, 2.24) is 4.98 Å². The van der Waals surface area contributed by atoms with Gasteiger partial charge in [-0.25, -0.2) is 0 Å². The van der Waals surface area contributed by atoms with Gasteiger partial charge in [-0.05, 0) is 18.1 Å². The summed E-state index contributed by atoms with van der Waals surface area (Å²) >= 11 is 1.93. The van der Waals surface area contributed by atoms with E-state index in [1.807, 2.05) is 24.0 Å². The van der Waals surface area contributed by atoms with E-state index >= 15 is 0 Å². The smallest absolute Gasteiger partial charge is 0.0437 e. The molecule has 0 aliphatic rings. The molecule has 0 fully saturated rings. The Bertz CT molecular complexity index is 251. The molecular formula is C11H18N2S. The highest BCUT2D eigenvalue weighted by Gasteiger charge is 2.13. The van der Waals surface area contributed by atoms with Crippen molar-refractivity contribution in [3.63, 3.8) is 0 Å². The largest absolute Gasteiger partial charge is 0.329 e. The third kappa shape index (κ3) is 3.31. The number of hydrogen-bond donors (Lipinski definition) is 1. The van der Waals surface area contributed by atoms with Crippen molar-refractivity contribution in [2.75, 3.05) is 6.54 Å². The van der Waals surface area contributed by atoms with Gasteiger partial charge in [0.25, 0.3) is 0 Å². The first kappa shape index (κ1) is 11.5. The molecule has 2 nitrogen and oxygen atoms in total. The van der Waals surface area contributed by atoms with Crippen LogP contribution < -0.4 is 5.73 Å². The highest BCUT2D eigenvalue weighted by molar-refractivity contribution is 8.00. The monoisotopic (exact) mass is 210 g/mol. The number of hydrogen-bond acceptors (Lipinski definition) is 3. The van der Waals surface area contributed by atoms with Crippen molar-refractivity contribution in [3.8, 4) is 0 Å². The lowest BCUT2D eigenvalue weighted by atomic mass is 10.2. The maximum Gasteiger partial charge on any atom is 0.0437 e. The molecule has 0 saturated carbocycles. The molecule has 1 aromatic heterocycles. The molecule has 0 spiro atoms. The van der Waals surface area contributed by atoms with E-state index in [1.165, 1.54) is 12.0 Å². The van der Waals surface area contributed by atoms with Crippen molar-refractivity contribution in [3.05, 3.63) is 30.1 Å². The second-order valence-corrected chi connectivity index (χ2v) is 5.01. The summed E-state index contributed by atoms with van der Waals surface area (Å²) in [7, 11) is 0. The molecule has 0 aromatic carbocycles. The van der Waals surface area contributed by atoms with Crippen molar-refractivity contribution in [2.45, 2.75) is 30.8 Å². The predicted molar refractivity (Wildman–Crippen MR) is 63.4 cm³/mol. The molecule has 1 heterocycles. The molecular weight excluding hydrogens is 192 g/mol. The van der Waals surface area contributed by atoms with E-state index in [4.69, 9.17) is 5.73 Å². The average Bonchev–Trinajstić information content (AvgIpc) is 2.26. The van der Waals surface area contributed by atoms with E-state index in [0.29, 0.717) is 17.0 Å². The zero-order valence-corrected chi connectivity index (χ0v) is 9.63. The molecule has 1 rings (SSSR count). The standard InChI is InChI=1S/C11H18N2S/c1-3-9(2)14-11(7-12)10-5-4-6-13-8-10/h4-6,8-9,11H,3,7,12H2,1-2H3. The highest BCUT2D eigenvalue weighted by atomic mass is 32.2. The fraction of sp³-hybridized carbons (Fsp3) is 0.545. The van der Waals surface area contributed by atoms with Crippen LogP contribution in [-0.2, 0) is 0 Å². The van der Waals surface area contributed by atoms with Crippen molar-refractivity contribution >= 4 is 11.8 Å². The summed E-state index contributed by atoms with van der Waals surface area (Å²) in [6.07, 6.45) is 4.89. The Balaban J connectivity index is 2.63. The number of nitrogens with two attached hydrogens (primary N) is 1. The quantitative estimate of drug-likeness (QED) is 0.812. The van der Waals surface area contributed by atoms with E-state index in [9.17, 15) is 0 Å². The molecule has 0 bridgehead atoms. The first-order valence-corrected chi connectivity index (χ1v) is 5.97. The van der Waals surface area contributed by atoms with Crippen LogP contribution in [0.1, 0.15) is 31.1 Å². The Kier molecular flexibility index (Phi) is 4.98. The summed E-state index contributed by atoms with van der Waals surface area (Å²) in [5.41, 5.74) is 7.00. The fourth-order valence-corrected chi connectivity index (χ4v) is 2.37. The van der Waals surface area contributed by atoms with Crippen LogP contribution in [0.15, 0.2) is 24.5 Å². The van der Waals surface area contributed by atoms with Crippen molar-refractivity contribution < 1.29 is 0 Å². The van der Waals surface area contributed by atoms with Gasteiger partial charge in [0.1, 0.15) is 0 Å². The van der Waals surface area contributed by atoms with E-state index < -0.39 is 0 Å². The highest BCUT2D eigenvalue weighted by Crippen LogP contribution is 2.31. The summed E-state index contributed by atoms with van der Waals surface area (Å²) in [4.78, 5) is 4.12.